The van der Waals surface area contributed by atoms with Crippen LogP contribution in [-0.2, 0) is 0 Å². The van der Waals surface area contributed by atoms with Gasteiger partial charge in [0.05, 0.1) is 6.33 Å². The predicted molar refractivity (Wildman–Crippen MR) is 63.9 cm³/mol. The van der Waals surface area contributed by atoms with E-state index in [-0.39, 0.29) is 5.82 Å². The van der Waals surface area contributed by atoms with Crippen LogP contribution >= 0.6 is 0 Å². The van der Waals surface area contributed by atoms with Gasteiger partial charge in [0.2, 0.25) is 0 Å². The largest absolute Gasteiger partial charge is 0.315 e. The monoisotopic (exact) mass is 231 g/mol. The minimum absolute atomic E-state index is 0.166. The van der Waals surface area contributed by atoms with Crippen LogP contribution in [-0.4, -0.2) is 22.6 Å². The van der Waals surface area contributed by atoms with Gasteiger partial charge in [-0.15, -0.1) is 0 Å². The summed E-state index contributed by atoms with van der Waals surface area (Å²) in [4.78, 5) is 4.19. The highest BCUT2D eigenvalue weighted by molar-refractivity contribution is 5.38. The van der Waals surface area contributed by atoms with Gasteiger partial charge >= 0.3 is 0 Å². The summed E-state index contributed by atoms with van der Waals surface area (Å²) < 4.78 is 15.3. The van der Waals surface area contributed by atoms with Gasteiger partial charge in [-0.25, -0.2) is 9.37 Å². The Labute approximate surface area is 99.3 Å². The number of hydrogen-bond donors (Lipinski definition) is 1. The Morgan fingerprint density at radius 1 is 1.41 bits per heavy atom. The molecule has 0 bridgehead atoms. The Balaban J connectivity index is 2.02. The fourth-order valence-electron chi connectivity index (χ4n) is 2.10. The lowest BCUT2D eigenvalue weighted by Crippen LogP contribution is -2.40. The van der Waals surface area contributed by atoms with Gasteiger partial charge in [-0.3, -0.25) is 0 Å². The van der Waals surface area contributed by atoms with Crippen molar-refractivity contribution >= 4 is 0 Å². The van der Waals surface area contributed by atoms with Crippen LogP contribution in [0.15, 0.2) is 30.7 Å². The molecule has 1 N–H and O–H groups in total. The van der Waals surface area contributed by atoms with Gasteiger partial charge in [0.15, 0.2) is 0 Å². The highest BCUT2D eigenvalue weighted by atomic mass is 19.1. The molecule has 0 spiro atoms. The van der Waals surface area contributed by atoms with Crippen LogP contribution in [0.5, 0.6) is 0 Å². The second kappa shape index (κ2) is 3.96. The number of aromatic nitrogens is 2. The smallest absolute Gasteiger partial charge is 0.126 e. The molecular weight excluding hydrogens is 217 g/mol. The molecule has 0 amide bonds. The van der Waals surface area contributed by atoms with Crippen LogP contribution in [0.3, 0.4) is 0 Å². The lowest BCUT2D eigenvalue weighted by molar-refractivity contribution is 0.435. The van der Waals surface area contributed by atoms with Crippen molar-refractivity contribution in [1.82, 2.24) is 14.9 Å². The van der Waals surface area contributed by atoms with Gasteiger partial charge in [-0.1, -0.05) is 0 Å². The summed E-state index contributed by atoms with van der Waals surface area (Å²) in [5.41, 5.74) is 2.83. The van der Waals surface area contributed by atoms with Crippen molar-refractivity contribution in [2.24, 2.45) is 0 Å². The molecule has 1 aliphatic rings. The SMILES string of the molecule is Cc1cc(-n2cncc2C2CNC2)ccc1F. The van der Waals surface area contributed by atoms with E-state index in [9.17, 15) is 4.39 Å². The normalized spacial score (nSPS) is 15.9. The molecule has 3 rings (SSSR count). The molecule has 1 aliphatic heterocycles. The molecule has 4 heteroatoms. The number of benzene rings is 1. The van der Waals surface area contributed by atoms with E-state index in [2.05, 4.69) is 10.3 Å². The first kappa shape index (κ1) is 10.5. The Morgan fingerprint density at radius 2 is 2.24 bits per heavy atom. The maximum absolute atomic E-state index is 13.2. The predicted octanol–water partition coefficient (Wildman–Crippen LogP) is 2.01. The third kappa shape index (κ3) is 1.74. The maximum atomic E-state index is 13.2. The number of hydrogen-bond acceptors (Lipinski definition) is 2. The molecule has 0 radical (unpaired) electrons. The maximum Gasteiger partial charge on any atom is 0.126 e. The van der Waals surface area contributed by atoms with Crippen LogP contribution in [0, 0.1) is 12.7 Å². The number of nitrogens with zero attached hydrogens (tertiary/aromatic N) is 2. The summed E-state index contributed by atoms with van der Waals surface area (Å²) in [7, 11) is 0. The first-order chi connectivity index (χ1) is 8.25. The third-order valence-corrected chi connectivity index (χ3v) is 3.29. The minimum Gasteiger partial charge on any atom is -0.315 e. The zero-order chi connectivity index (χ0) is 11.8. The van der Waals surface area contributed by atoms with Gasteiger partial charge in [-0.2, -0.15) is 0 Å². The van der Waals surface area contributed by atoms with E-state index < -0.39 is 0 Å². The van der Waals surface area contributed by atoms with E-state index in [1.54, 1.807) is 19.3 Å². The van der Waals surface area contributed by atoms with E-state index in [4.69, 9.17) is 0 Å². The average Bonchev–Trinajstić information content (AvgIpc) is 2.68. The van der Waals surface area contributed by atoms with Crippen molar-refractivity contribution in [2.75, 3.05) is 13.1 Å². The molecule has 0 aliphatic carbocycles. The van der Waals surface area contributed by atoms with E-state index in [1.807, 2.05) is 16.8 Å². The van der Waals surface area contributed by atoms with Crippen molar-refractivity contribution in [3.05, 3.63) is 47.8 Å². The lowest BCUT2D eigenvalue weighted by atomic mass is 9.99. The molecule has 3 nitrogen and oxygen atoms in total. The van der Waals surface area contributed by atoms with Crippen molar-refractivity contribution < 1.29 is 4.39 Å². The van der Waals surface area contributed by atoms with Crippen LogP contribution in [0.25, 0.3) is 5.69 Å². The van der Waals surface area contributed by atoms with Crippen LogP contribution in [0.2, 0.25) is 0 Å². The summed E-state index contributed by atoms with van der Waals surface area (Å²) in [5, 5.41) is 3.25. The molecule has 1 aromatic carbocycles. The van der Waals surface area contributed by atoms with E-state index in [0.717, 1.165) is 18.8 Å². The van der Waals surface area contributed by atoms with Gasteiger partial charge in [0.25, 0.3) is 0 Å². The molecular formula is C13H14FN3. The van der Waals surface area contributed by atoms with Crippen molar-refractivity contribution in [3.8, 4) is 5.69 Å². The van der Waals surface area contributed by atoms with Crippen LogP contribution < -0.4 is 5.32 Å². The topological polar surface area (TPSA) is 29.9 Å². The van der Waals surface area contributed by atoms with Gasteiger partial charge in [-0.05, 0) is 30.7 Å². The second-order valence-corrected chi connectivity index (χ2v) is 4.48. The Kier molecular flexibility index (Phi) is 2.44. The number of aryl methyl sites for hydroxylation is 1. The highest BCUT2D eigenvalue weighted by Gasteiger charge is 2.22. The standard InChI is InChI=1S/C13H14FN3/c1-9-4-11(2-3-12(9)14)17-8-16-7-13(17)10-5-15-6-10/h2-4,7-8,10,15H,5-6H2,1H3. The molecule has 2 aromatic rings. The third-order valence-electron chi connectivity index (χ3n) is 3.29. The Morgan fingerprint density at radius 3 is 2.88 bits per heavy atom. The van der Waals surface area contributed by atoms with E-state index in [1.165, 1.54) is 11.8 Å². The molecule has 0 saturated carbocycles. The summed E-state index contributed by atoms with van der Waals surface area (Å²) >= 11 is 0. The van der Waals surface area contributed by atoms with Gasteiger partial charge in [0.1, 0.15) is 5.82 Å². The summed E-state index contributed by atoms with van der Waals surface area (Å²) in [5.74, 6) is 0.351. The summed E-state index contributed by atoms with van der Waals surface area (Å²) in [6.07, 6.45) is 3.69. The second-order valence-electron chi connectivity index (χ2n) is 4.48. The summed E-state index contributed by atoms with van der Waals surface area (Å²) in [6, 6.07) is 5.15. The molecule has 88 valence electrons. The Bertz CT molecular complexity index is 543. The molecule has 17 heavy (non-hydrogen) atoms. The van der Waals surface area contributed by atoms with Crippen LogP contribution in [0.1, 0.15) is 17.2 Å². The van der Waals surface area contributed by atoms with Gasteiger partial charge in [0, 0.05) is 36.6 Å². The van der Waals surface area contributed by atoms with Crippen molar-refractivity contribution in [2.45, 2.75) is 12.8 Å². The quantitative estimate of drug-likeness (QED) is 0.856. The first-order valence-corrected chi connectivity index (χ1v) is 5.75. The average molecular weight is 231 g/mol. The number of halogens is 1. The number of imidazole rings is 1. The number of rotatable bonds is 2. The fourth-order valence-corrected chi connectivity index (χ4v) is 2.10. The van der Waals surface area contributed by atoms with E-state index >= 15 is 0 Å². The number of nitrogens with one attached hydrogen (secondary N) is 1. The van der Waals surface area contributed by atoms with Gasteiger partial charge < -0.3 is 9.88 Å². The van der Waals surface area contributed by atoms with E-state index in [0.29, 0.717) is 11.5 Å². The lowest BCUT2D eigenvalue weighted by Gasteiger charge is -2.27. The minimum atomic E-state index is -0.166. The molecule has 0 atom stereocenters. The fraction of sp³-hybridized carbons (Fsp3) is 0.308. The zero-order valence-corrected chi connectivity index (χ0v) is 9.65. The molecule has 1 aromatic heterocycles. The molecule has 2 heterocycles. The highest BCUT2D eigenvalue weighted by Crippen LogP contribution is 2.23. The summed E-state index contributed by atoms with van der Waals surface area (Å²) in [6.45, 7) is 3.76. The zero-order valence-electron chi connectivity index (χ0n) is 9.65. The molecule has 0 unspecified atom stereocenters. The van der Waals surface area contributed by atoms with Crippen LogP contribution in [0.4, 0.5) is 4.39 Å². The first-order valence-electron chi connectivity index (χ1n) is 5.75. The Hall–Kier alpha value is -1.68. The molecule has 1 saturated heterocycles. The van der Waals surface area contributed by atoms with Crippen molar-refractivity contribution in [3.63, 3.8) is 0 Å². The van der Waals surface area contributed by atoms with Crippen molar-refractivity contribution in [1.29, 1.82) is 0 Å². The molecule has 1 fully saturated rings.